The number of fused-ring (bicyclic) bond motifs is 3. The van der Waals surface area contributed by atoms with E-state index in [1.807, 2.05) is 60.2 Å². The average Bonchev–Trinajstić information content (AvgIpc) is 3.62. The second-order valence-corrected chi connectivity index (χ2v) is 7.89. The number of nitrogens with zero attached hydrogens (tertiary/aromatic N) is 8. The Hall–Kier alpha value is -4.60. The van der Waals surface area contributed by atoms with Crippen LogP contribution in [-0.4, -0.2) is 39.5 Å². The standard InChI is InChI=1S/C24H20N8O2/c1-16-13-21(30-34-16)23-28-27-22-19-7-2-3-8-20(19)24(29-32(22)23)33-14-18-6-4-5-17(26-18)9-11-31-12-10-25-15-31/h2-8,10,12-13,15H,9,11,14H2,1H3. The monoisotopic (exact) mass is 452 g/mol. The van der Waals surface area contributed by atoms with Gasteiger partial charge in [0.15, 0.2) is 11.3 Å². The number of hydrogen-bond donors (Lipinski definition) is 0. The van der Waals surface area contributed by atoms with Crippen molar-refractivity contribution in [1.29, 1.82) is 0 Å². The van der Waals surface area contributed by atoms with Crippen molar-refractivity contribution in [2.24, 2.45) is 0 Å². The van der Waals surface area contributed by atoms with Crippen LogP contribution in [0.2, 0.25) is 0 Å². The molecule has 0 radical (unpaired) electrons. The van der Waals surface area contributed by atoms with E-state index in [4.69, 9.17) is 19.3 Å². The molecule has 0 spiro atoms. The van der Waals surface area contributed by atoms with E-state index in [2.05, 4.69) is 20.3 Å². The second kappa shape index (κ2) is 8.39. The lowest BCUT2D eigenvalue weighted by Gasteiger charge is -2.10. The van der Waals surface area contributed by atoms with Gasteiger partial charge in [-0.25, -0.2) is 4.98 Å². The highest BCUT2D eigenvalue weighted by atomic mass is 16.5. The maximum Gasteiger partial charge on any atom is 0.240 e. The molecule has 0 aliphatic rings. The summed E-state index contributed by atoms with van der Waals surface area (Å²) in [5.74, 6) is 1.64. The van der Waals surface area contributed by atoms with Gasteiger partial charge in [0, 0.05) is 47.9 Å². The van der Waals surface area contributed by atoms with Crippen molar-refractivity contribution in [3.05, 3.63) is 84.4 Å². The van der Waals surface area contributed by atoms with Crippen molar-refractivity contribution in [1.82, 2.24) is 39.5 Å². The molecule has 0 unspecified atom stereocenters. The van der Waals surface area contributed by atoms with Gasteiger partial charge >= 0.3 is 0 Å². The first kappa shape index (κ1) is 20.0. The highest BCUT2D eigenvalue weighted by Crippen LogP contribution is 2.29. The van der Waals surface area contributed by atoms with Crippen LogP contribution in [0.4, 0.5) is 0 Å². The van der Waals surface area contributed by atoms with Gasteiger partial charge in [-0.1, -0.05) is 29.4 Å². The van der Waals surface area contributed by atoms with E-state index in [0.717, 1.165) is 35.1 Å². The molecule has 10 heteroatoms. The van der Waals surface area contributed by atoms with Crippen LogP contribution in [0, 0.1) is 6.92 Å². The quantitative estimate of drug-likeness (QED) is 0.361. The molecule has 34 heavy (non-hydrogen) atoms. The molecule has 0 saturated heterocycles. The Morgan fingerprint density at radius 1 is 1.00 bits per heavy atom. The molecule has 0 atom stereocenters. The van der Waals surface area contributed by atoms with Gasteiger partial charge in [0.25, 0.3) is 0 Å². The molecule has 10 nitrogen and oxygen atoms in total. The zero-order valence-corrected chi connectivity index (χ0v) is 18.4. The number of aryl methyl sites for hydroxylation is 3. The maximum absolute atomic E-state index is 6.18. The Kier molecular flexibility index (Phi) is 4.95. The van der Waals surface area contributed by atoms with E-state index in [0.29, 0.717) is 28.8 Å². The Bertz CT molecular complexity index is 1590. The Morgan fingerprint density at radius 2 is 1.88 bits per heavy atom. The lowest BCUT2D eigenvalue weighted by Crippen LogP contribution is -2.06. The first-order chi connectivity index (χ1) is 16.7. The zero-order valence-electron chi connectivity index (χ0n) is 18.4. The smallest absolute Gasteiger partial charge is 0.240 e. The molecule has 0 fully saturated rings. The minimum atomic E-state index is 0.280. The van der Waals surface area contributed by atoms with Crippen molar-refractivity contribution in [3.63, 3.8) is 0 Å². The highest BCUT2D eigenvalue weighted by Gasteiger charge is 2.18. The van der Waals surface area contributed by atoms with Crippen LogP contribution in [0.3, 0.4) is 0 Å². The molecule has 0 bridgehead atoms. The third-order valence-corrected chi connectivity index (χ3v) is 5.49. The van der Waals surface area contributed by atoms with Gasteiger partial charge in [-0.05, 0) is 25.1 Å². The predicted molar refractivity (Wildman–Crippen MR) is 123 cm³/mol. The third-order valence-electron chi connectivity index (χ3n) is 5.49. The highest BCUT2D eigenvalue weighted by molar-refractivity contribution is 5.96. The van der Waals surface area contributed by atoms with Crippen LogP contribution in [0.15, 0.2) is 71.8 Å². The topological polar surface area (TPSA) is 109 Å². The van der Waals surface area contributed by atoms with Gasteiger partial charge in [0.2, 0.25) is 11.7 Å². The molecule has 5 aromatic heterocycles. The van der Waals surface area contributed by atoms with Crippen LogP contribution < -0.4 is 4.74 Å². The molecule has 0 N–H and O–H groups in total. The molecule has 0 saturated carbocycles. The van der Waals surface area contributed by atoms with Gasteiger partial charge < -0.3 is 13.8 Å². The van der Waals surface area contributed by atoms with Crippen molar-refractivity contribution < 1.29 is 9.26 Å². The fraction of sp³-hybridized carbons (Fsp3) is 0.167. The molecule has 6 aromatic rings. The summed E-state index contributed by atoms with van der Waals surface area (Å²) in [5.41, 5.74) is 3.00. The Balaban J connectivity index is 1.31. The molecule has 1 aromatic carbocycles. The number of imidazole rings is 1. The first-order valence-corrected chi connectivity index (χ1v) is 10.9. The Morgan fingerprint density at radius 3 is 2.71 bits per heavy atom. The van der Waals surface area contributed by atoms with E-state index in [1.165, 1.54) is 0 Å². The first-order valence-electron chi connectivity index (χ1n) is 10.9. The number of rotatable bonds is 7. The molecular formula is C24H20N8O2. The van der Waals surface area contributed by atoms with Crippen LogP contribution in [0.5, 0.6) is 5.88 Å². The lowest BCUT2D eigenvalue weighted by molar-refractivity contribution is 0.288. The fourth-order valence-corrected chi connectivity index (χ4v) is 3.84. The molecule has 168 valence electrons. The normalized spacial score (nSPS) is 11.4. The fourth-order valence-electron chi connectivity index (χ4n) is 3.84. The largest absolute Gasteiger partial charge is 0.470 e. The van der Waals surface area contributed by atoms with E-state index >= 15 is 0 Å². The predicted octanol–water partition coefficient (Wildman–Crippen LogP) is 3.65. The molecule has 0 aliphatic carbocycles. The summed E-state index contributed by atoms with van der Waals surface area (Å²) in [7, 11) is 0. The minimum absolute atomic E-state index is 0.280. The number of aromatic nitrogens is 8. The molecule has 6 rings (SSSR count). The summed E-state index contributed by atoms with van der Waals surface area (Å²) in [6, 6.07) is 15.6. The minimum Gasteiger partial charge on any atom is -0.470 e. The lowest BCUT2D eigenvalue weighted by atomic mass is 10.2. The van der Waals surface area contributed by atoms with Gasteiger partial charge in [0.05, 0.1) is 12.0 Å². The molecule has 5 heterocycles. The van der Waals surface area contributed by atoms with Crippen LogP contribution >= 0.6 is 0 Å². The number of hydrogen-bond acceptors (Lipinski definition) is 8. The summed E-state index contributed by atoms with van der Waals surface area (Å²) in [4.78, 5) is 8.83. The van der Waals surface area contributed by atoms with Crippen LogP contribution in [0.1, 0.15) is 17.1 Å². The Labute approximate surface area is 193 Å². The van der Waals surface area contributed by atoms with E-state index in [-0.39, 0.29) is 6.61 Å². The SMILES string of the molecule is Cc1cc(-c2nnc3c4ccccc4c(OCc4cccc(CCn5ccnc5)n4)nn23)no1. The summed E-state index contributed by atoms with van der Waals surface area (Å²) in [6.07, 6.45) is 6.33. The summed E-state index contributed by atoms with van der Waals surface area (Å²) in [5, 5.41) is 19.1. The van der Waals surface area contributed by atoms with E-state index in [9.17, 15) is 0 Å². The summed E-state index contributed by atoms with van der Waals surface area (Å²) in [6.45, 7) is 2.92. The zero-order chi connectivity index (χ0) is 22.9. The van der Waals surface area contributed by atoms with Gasteiger partial charge in [-0.15, -0.1) is 15.3 Å². The molecule has 0 amide bonds. The second-order valence-electron chi connectivity index (χ2n) is 7.89. The van der Waals surface area contributed by atoms with Gasteiger partial charge in [0.1, 0.15) is 12.4 Å². The van der Waals surface area contributed by atoms with Crippen LogP contribution in [0.25, 0.3) is 27.9 Å². The van der Waals surface area contributed by atoms with E-state index < -0.39 is 0 Å². The van der Waals surface area contributed by atoms with Crippen molar-refractivity contribution >= 4 is 16.4 Å². The maximum atomic E-state index is 6.18. The van der Waals surface area contributed by atoms with Crippen molar-refractivity contribution in [3.8, 4) is 17.4 Å². The number of pyridine rings is 1. The van der Waals surface area contributed by atoms with E-state index in [1.54, 1.807) is 23.1 Å². The third kappa shape index (κ3) is 3.75. The van der Waals surface area contributed by atoms with Crippen LogP contribution in [-0.2, 0) is 19.6 Å². The average molecular weight is 452 g/mol. The van der Waals surface area contributed by atoms with Crippen molar-refractivity contribution in [2.75, 3.05) is 0 Å². The number of benzene rings is 1. The summed E-state index contributed by atoms with van der Waals surface area (Å²) < 4.78 is 15.1. The number of ether oxygens (including phenoxy) is 1. The molecular weight excluding hydrogens is 432 g/mol. The van der Waals surface area contributed by atoms with Crippen molar-refractivity contribution in [2.45, 2.75) is 26.5 Å². The summed E-state index contributed by atoms with van der Waals surface area (Å²) >= 11 is 0. The van der Waals surface area contributed by atoms with Gasteiger partial charge in [-0.2, -0.15) is 4.52 Å². The molecule has 0 aliphatic heterocycles. The van der Waals surface area contributed by atoms with Gasteiger partial charge in [-0.3, -0.25) is 4.98 Å².